The van der Waals surface area contributed by atoms with Crippen molar-refractivity contribution in [3.8, 4) is 0 Å². The molecule has 1 aromatic rings. The smallest absolute Gasteiger partial charge is 0.408 e. The molecule has 4 amide bonds. The summed E-state index contributed by atoms with van der Waals surface area (Å²) in [5, 5.41) is 7.08. The monoisotopic (exact) mass is 793 g/mol. The fraction of sp³-hybridized carbons (Fsp3) is 0.611. The van der Waals surface area contributed by atoms with Crippen molar-refractivity contribution < 1.29 is 41.3 Å². The highest BCUT2D eigenvalue weighted by Gasteiger charge is 2.62. The number of likely N-dealkylation sites (tertiary alicyclic amines) is 1. The number of ether oxygens (including phenoxy) is 2. The molecule has 0 spiro atoms. The lowest BCUT2D eigenvalue weighted by Gasteiger charge is -2.35. The summed E-state index contributed by atoms with van der Waals surface area (Å²) in [6.45, 7) is 11.3. The lowest BCUT2D eigenvalue weighted by molar-refractivity contribution is -0.142. The van der Waals surface area contributed by atoms with E-state index in [1.807, 2.05) is 13.0 Å². The third kappa shape index (κ3) is 8.60. The third-order valence-corrected chi connectivity index (χ3v) is 14.0. The third-order valence-electron chi connectivity index (χ3n) is 10.2. The predicted molar refractivity (Wildman–Crippen MR) is 201 cm³/mol. The van der Waals surface area contributed by atoms with Crippen LogP contribution in [0, 0.1) is 11.3 Å². The highest BCUT2D eigenvalue weighted by Crippen LogP contribution is 2.47. The minimum absolute atomic E-state index is 0.0304. The van der Waals surface area contributed by atoms with Gasteiger partial charge in [0.15, 0.2) is 0 Å². The normalized spacial score (nSPS) is 27.4. The molecule has 6 atom stereocenters. The highest BCUT2D eigenvalue weighted by atomic mass is 35.5. The summed E-state index contributed by atoms with van der Waals surface area (Å²) in [7, 11) is -4.95. The summed E-state index contributed by atoms with van der Waals surface area (Å²) >= 11 is 6.51. The minimum Gasteiger partial charge on any atom is -0.478 e. The van der Waals surface area contributed by atoms with Gasteiger partial charge in [0.25, 0.3) is 5.91 Å². The Morgan fingerprint density at radius 3 is 2.49 bits per heavy atom. The first-order valence-electron chi connectivity index (χ1n) is 18.1. The van der Waals surface area contributed by atoms with Gasteiger partial charge in [0.2, 0.25) is 27.7 Å². The molecule has 6 rings (SSSR count). The molecular weight excluding hydrogens is 746 g/mol. The molecule has 3 saturated carbocycles. The summed E-state index contributed by atoms with van der Waals surface area (Å²) in [6, 6.07) is 3.10. The fourth-order valence-corrected chi connectivity index (χ4v) is 10.2. The van der Waals surface area contributed by atoms with Gasteiger partial charge in [-0.1, -0.05) is 44.5 Å². The van der Waals surface area contributed by atoms with Crippen LogP contribution < -0.4 is 15.4 Å². The minimum atomic E-state index is -3.90. The SMILES string of the molecule is C=CC1C[C@]1(NC(=O)[C@@H]1C[C@@H](OS2=CC(OCC)=Nc3c(Cl)cccc32)CN1C(=O)[C@@H](NC(=O)OC1CCCC1)C(C)(C)C)C(=O)NS(=O)(=O)C1CC1. The molecule has 3 aliphatic carbocycles. The standard InChI is InChI=1S/C36H48ClN5O9S2/c1-6-21-18-36(21,33(45)41-53(47,48)24-15-16-24)40-31(43)26-17-23(51-52-20-28(49-7-2)38-29-25(37)13-10-14-27(29)52)19-42(26)32(44)30(35(3,4)5)39-34(46)50-22-11-8-9-12-22/h6,10,13-14,20-24,26,30H,1,7-9,11-12,15-19H2,2-5H3,(H,39,46)(H,40,43)(H,41,45)/t21?,23-,26+,30-,36-,52?/m1/s1. The van der Waals surface area contributed by atoms with Crippen LogP contribution in [-0.4, -0.2) is 96.6 Å². The van der Waals surface area contributed by atoms with Crippen LogP contribution in [0.5, 0.6) is 0 Å². The largest absolute Gasteiger partial charge is 0.478 e. The maximum atomic E-state index is 14.6. The number of carbonyl (C=O) groups excluding carboxylic acids is 4. The molecule has 2 heterocycles. The van der Waals surface area contributed by atoms with Crippen molar-refractivity contribution in [2.24, 2.45) is 16.3 Å². The Hall–Kier alpha value is -3.47. The summed E-state index contributed by atoms with van der Waals surface area (Å²) in [6.07, 6.45) is 4.37. The molecule has 53 heavy (non-hydrogen) atoms. The molecule has 2 unspecified atom stereocenters. The van der Waals surface area contributed by atoms with Gasteiger partial charge in [-0.15, -0.1) is 6.58 Å². The number of hydrogen-bond acceptors (Lipinski definition) is 10. The van der Waals surface area contributed by atoms with E-state index in [-0.39, 0.29) is 25.5 Å². The van der Waals surface area contributed by atoms with Crippen molar-refractivity contribution in [3.05, 3.63) is 35.9 Å². The second-order valence-electron chi connectivity index (χ2n) is 15.3. The van der Waals surface area contributed by atoms with E-state index in [4.69, 9.17) is 25.3 Å². The number of para-hydroxylation sites is 1. The van der Waals surface area contributed by atoms with Crippen molar-refractivity contribution in [2.45, 2.75) is 119 Å². The molecule has 1 aromatic carbocycles. The number of hydrogen-bond donors (Lipinski definition) is 3. The zero-order valence-electron chi connectivity index (χ0n) is 30.4. The first-order valence-corrected chi connectivity index (χ1v) is 21.2. The van der Waals surface area contributed by atoms with Gasteiger partial charge in [-0.2, -0.15) is 0 Å². The van der Waals surface area contributed by atoms with Crippen LogP contribution in [-0.2, 0) is 38.1 Å². The molecule has 14 nitrogen and oxygen atoms in total. The summed E-state index contributed by atoms with van der Waals surface area (Å²) < 4.78 is 45.6. The number of aliphatic imine (C=N–C) groups is 1. The number of halogens is 1. The molecule has 0 aromatic heterocycles. The van der Waals surface area contributed by atoms with Crippen LogP contribution in [0.1, 0.15) is 79.1 Å². The molecule has 290 valence electrons. The Morgan fingerprint density at radius 2 is 1.87 bits per heavy atom. The van der Waals surface area contributed by atoms with Gasteiger partial charge in [0, 0.05) is 18.9 Å². The second kappa shape index (κ2) is 15.3. The van der Waals surface area contributed by atoms with Gasteiger partial charge >= 0.3 is 6.09 Å². The van der Waals surface area contributed by atoms with Gasteiger partial charge in [-0.05, 0) is 80.2 Å². The quantitative estimate of drug-likeness (QED) is 0.203. The Balaban J connectivity index is 1.28. The Morgan fingerprint density at radius 1 is 1.15 bits per heavy atom. The number of fused-ring (bicyclic) bond motifs is 1. The van der Waals surface area contributed by atoms with E-state index >= 15 is 0 Å². The number of amides is 4. The van der Waals surface area contributed by atoms with E-state index in [1.54, 1.807) is 38.3 Å². The molecule has 0 bridgehead atoms. The first kappa shape index (κ1) is 39.2. The van der Waals surface area contributed by atoms with Crippen LogP contribution in [0.2, 0.25) is 5.02 Å². The lowest BCUT2D eigenvalue weighted by atomic mass is 9.85. The van der Waals surface area contributed by atoms with Crippen molar-refractivity contribution in [1.82, 2.24) is 20.3 Å². The molecule has 2 aliphatic heterocycles. The Labute approximate surface area is 318 Å². The van der Waals surface area contributed by atoms with Crippen molar-refractivity contribution >= 4 is 73.2 Å². The van der Waals surface area contributed by atoms with E-state index in [1.165, 1.54) is 11.0 Å². The van der Waals surface area contributed by atoms with Crippen LogP contribution in [0.3, 0.4) is 0 Å². The van der Waals surface area contributed by atoms with Gasteiger partial charge in [-0.25, -0.2) is 18.2 Å². The van der Waals surface area contributed by atoms with Crippen molar-refractivity contribution in [1.29, 1.82) is 0 Å². The second-order valence-corrected chi connectivity index (χ2v) is 19.1. The first-order chi connectivity index (χ1) is 25.1. The van der Waals surface area contributed by atoms with Gasteiger partial charge in [0.1, 0.15) is 29.4 Å². The number of nitrogens with one attached hydrogen (secondary N) is 3. The maximum Gasteiger partial charge on any atom is 0.408 e. The van der Waals surface area contributed by atoms with E-state index < -0.39 is 84.9 Å². The Kier molecular flexibility index (Phi) is 11.4. The van der Waals surface area contributed by atoms with Gasteiger partial charge in [-0.3, -0.25) is 19.1 Å². The molecule has 5 aliphatic rings. The molecule has 1 saturated heterocycles. The summed E-state index contributed by atoms with van der Waals surface area (Å²) in [4.78, 5) is 62.2. The van der Waals surface area contributed by atoms with Crippen molar-refractivity contribution in [2.75, 3.05) is 13.2 Å². The van der Waals surface area contributed by atoms with Gasteiger partial charge in [0.05, 0.1) is 33.2 Å². The topological polar surface area (TPSA) is 182 Å². The average Bonchev–Trinajstić information content (AvgIpc) is 3.97. The molecule has 3 N–H and O–H groups in total. The Bertz CT molecular complexity index is 1840. The van der Waals surface area contributed by atoms with E-state index in [0.29, 0.717) is 41.0 Å². The zero-order valence-corrected chi connectivity index (χ0v) is 32.8. The molecule has 17 heteroatoms. The van der Waals surface area contributed by atoms with Gasteiger partial charge < -0.3 is 29.2 Å². The summed E-state index contributed by atoms with van der Waals surface area (Å²) in [5.74, 6) is -2.24. The number of sulfonamides is 1. The number of nitrogens with zero attached hydrogens (tertiary/aromatic N) is 2. The fourth-order valence-electron chi connectivity index (χ4n) is 7.00. The molecule has 4 fully saturated rings. The van der Waals surface area contributed by atoms with Crippen LogP contribution >= 0.6 is 22.4 Å². The number of carbonyl (C=O) groups is 4. The lowest BCUT2D eigenvalue weighted by Crippen LogP contribution is -2.60. The van der Waals surface area contributed by atoms with Crippen molar-refractivity contribution in [3.63, 3.8) is 0 Å². The maximum absolute atomic E-state index is 14.6. The molecule has 0 radical (unpaired) electrons. The predicted octanol–water partition coefficient (Wildman–Crippen LogP) is 4.50. The van der Waals surface area contributed by atoms with E-state index in [2.05, 4.69) is 26.9 Å². The highest BCUT2D eigenvalue weighted by molar-refractivity contribution is 8.12. The van der Waals surface area contributed by atoms with Crippen LogP contribution in [0.25, 0.3) is 0 Å². The van der Waals surface area contributed by atoms with Crippen LogP contribution in [0.15, 0.2) is 40.7 Å². The average molecular weight is 794 g/mol. The number of benzene rings is 1. The van der Waals surface area contributed by atoms with E-state index in [0.717, 1.165) is 25.7 Å². The van der Waals surface area contributed by atoms with Crippen LogP contribution in [0.4, 0.5) is 10.5 Å². The number of alkyl carbamates (subject to hydrolysis) is 1. The summed E-state index contributed by atoms with van der Waals surface area (Å²) in [5.41, 5.74) is -1.86. The number of rotatable bonds is 12. The zero-order chi connectivity index (χ0) is 38.3. The van der Waals surface area contributed by atoms with E-state index in [9.17, 15) is 27.6 Å². The molecular formula is C36H48ClN5O9S2.